The standard InChI is InChI=1S/C21H20F3N3O3S/c22-21(23,24)18-8-4-5-9-20(18)31(28,29)27-12-10-26(11-13-27)15-17-14-19(25-30-17)16-6-2-1-3-7-16/h1-9,14H,10-13,15H2. The summed E-state index contributed by atoms with van der Waals surface area (Å²) in [5.74, 6) is 0.637. The first-order chi connectivity index (χ1) is 14.7. The van der Waals surface area contributed by atoms with Gasteiger partial charge >= 0.3 is 6.18 Å². The molecule has 0 N–H and O–H groups in total. The largest absolute Gasteiger partial charge is 0.417 e. The Balaban J connectivity index is 1.42. The lowest BCUT2D eigenvalue weighted by atomic mass is 10.1. The monoisotopic (exact) mass is 451 g/mol. The van der Waals surface area contributed by atoms with E-state index in [4.69, 9.17) is 4.52 Å². The molecule has 6 nitrogen and oxygen atoms in total. The summed E-state index contributed by atoms with van der Waals surface area (Å²) in [7, 11) is -4.25. The van der Waals surface area contributed by atoms with Crippen LogP contribution < -0.4 is 0 Å². The number of nitrogens with zero attached hydrogens (tertiary/aromatic N) is 3. The van der Waals surface area contributed by atoms with Gasteiger partial charge in [0.05, 0.1) is 17.0 Å². The topological polar surface area (TPSA) is 66.7 Å². The second kappa shape index (κ2) is 8.45. The highest BCUT2D eigenvalue weighted by Crippen LogP contribution is 2.35. The molecule has 1 aromatic heterocycles. The second-order valence-electron chi connectivity index (χ2n) is 7.22. The summed E-state index contributed by atoms with van der Waals surface area (Å²) in [6.45, 7) is 1.36. The molecule has 0 saturated carbocycles. The molecule has 164 valence electrons. The Hall–Kier alpha value is -2.69. The molecule has 10 heteroatoms. The molecule has 1 fully saturated rings. The summed E-state index contributed by atoms with van der Waals surface area (Å²) < 4.78 is 72.0. The molecular weight excluding hydrogens is 431 g/mol. The minimum Gasteiger partial charge on any atom is -0.359 e. The van der Waals surface area contributed by atoms with E-state index in [0.29, 0.717) is 31.1 Å². The first-order valence-electron chi connectivity index (χ1n) is 9.65. The van der Waals surface area contributed by atoms with Crippen molar-refractivity contribution in [2.24, 2.45) is 0 Å². The molecule has 1 aliphatic rings. The van der Waals surface area contributed by atoms with Gasteiger partial charge in [0.25, 0.3) is 0 Å². The molecular formula is C21H20F3N3O3S. The Bertz CT molecular complexity index is 1140. The summed E-state index contributed by atoms with van der Waals surface area (Å²) in [5.41, 5.74) is 0.491. The van der Waals surface area contributed by atoms with Gasteiger partial charge in [-0.3, -0.25) is 4.90 Å². The van der Waals surface area contributed by atoms with Crippen LogP contribution in [0.15, 0.2) is 70.1 Å². The zero-order valence-corrected chi connectivity index (χ0v) is 17.2. The third kappa shape index (κ3) is 4.65. The maximum atomic E-state index is 13.3. The summed E-state index contributed by atoms with van der Waals surface area (Å²) in [6, 6.07) is 15.7. The maximum Gasteiger partial charge on any atom is 0.417 e. The zero-order valence-electron chi connectivity index (χ0n) is 16.4. The molecule has 0 unspecified atom stereocenters. The average molecular weight is 451 g/mol. The molecule has 0 spiro atoms. The van der Waals surface area contributed by atoms with Crippen LogP contribution >= 0.6 is 0 Å². The van der Waals surface area contributed by atoms with Gasteiger partial charge in [0, 0.05) is 37.8 Å². The number of rotatable bonds is 5. The van der Waals surface area contributed by atoms with Crippen molar-refractivity contribution in [1.29, 1.82) is 0 Å². The average Bonchev–Trinajstić information content (AvgIpc) is 3.23. The number of sulfonamides is 1. The number of aromatic nitrogens is 1. The first-order valence-corrected chi connectivity index (χ1v) is 11.1. The van der Waals surface area contributed by atoms with Gasteiger partial charge in [-0.25, -0.2) is 8.42 Å². The number of hydrogen-bond acceptors (Lipinski definition) is 5. The SMILES string of the molecule is O=S(=O)(c1ccccc1C(F)(F)F)N1CCN(Cc2cc(-c3ccccc3)no2)CC1. The van der Waals surface area contributed by atoms with E-state index >= 15 is 0 Å². The summed E-state index contributed by atoms with van der Waals surface area (Å²) >= 11 is 0. The minimum atomic E-state index is -4.74. The van der Waals surface area contributed by atoms with Gasteiger partial charge in [0.2, 0.25) is 10.0 Å². The Morgan fingerprint density at radius 2 is 1.58 bits per heavy atom. The van der Waals surface area contributed by atoms with Crippen LogP contribution in [0.5, 0.6) is 0 Å². The van der Waals surface area contributed by atoms with Gasteiger partial charge in [-0.15, -0.1) is 0 Å². The third-order valence-electron chi connectivity index (χ3n) is 5.15. The number of alkyl halides is 3. The highest BCUT2D eigenvalue weighted by Gasteiger charge is 2.39. The van der Waals surface area contributed by atoms with Crippen LogP contribution in [0, 0.1) is 0 Å². The fraction of sp³-hybridized carbons (Fsp3) is 0.286. The van der Waals surface area contributed by atoms with Crippen LogP contribution in [0.3, 0.4) is 0 Å². The maximum absolute atomic E-state index is 13.3. The molecule has 1 aliphatic heterocycles. The van der Waals surface area contributed by atoms with Gasteiger partial charge in [0.1, 0.15) is 5.69 Å². The quantitative estimate of drug-likeness (QED) is 0.589. The highest BCUT2D eigenvalue weighted by molar-refractivity contribution is 7.89. The number of halogens is 3. The van der Waals surface area contributed by atoms with E-state index in [0.717, 1.165) is 22.0 Å². The van der Waals surface area contributed by atoms with Crippen molar-refractivity contribution in [3.8, 4) is 11.3 Å². The summed E-state index contributed by atoms with van der Waals surface area (Å²) in [6.07, 6.45) is -4.74. The van der Waals surface area contributed by atoms with Crippen LogP contribution in [-0.2, 0) is 22.7 Å². The third-order valence-corrected chi connectivity index (χ3v) is 7.11. The molecule has 2 aromatic carbocycles. The van der Waals surface area contributed by atoms with Crippen molar-refractivity contribution in [1.82, 2.24) is 14.4 Å². The van der Waals surface area contributed by atoms with Crippen molar-refractivity contribution in [2.45, 2.75) is 17.6 Å². The Labute approximate surface area is 177 Å². The normalized spacial score (nSPS) is 16.5. The smallest absolute Gasteiger partial charge is 0.359 e. The van der Waals surface area contributed by atoms with Crippen molar-refractivity contribution < 1.29 is 26.1 Å². The molecule has 1 saturated heterocycles. The summed E-state index contributed by atoms with van der Waals surface area (Å²) in [5, 5.41) is 4.06. The highest BCUT2D eigenvalue weighted by atomic mass is 32.2. The fourth-order valence-electron chi connectivity index (χ4n) is 3.55. The molecule has 0 aliphatic carbocycles. The molecule has 3 aromatic rings. The number of hydrogen-bond donors (Lipinski definition) is 0. The molecule has 0 bridgehead atoms. The van der Waals surface area contributed by atoms with Crippen LogP contribution in [0.25, 0.3) is 11.3 Å². The van der Waals surface area contributed by atoms with Gasteiger partial charge in [-0.2, -0.15) is 17.5 Å². The molecule has 0 radical (unpaired) electrons. The van der Waals surface area contributed by atoms with Crippen molar-refractivity contribution in [3.05, 3.63) is 72.0 Å². The predicted octanol–water partition coefficient (Wildman–Crippen LogP) is 3.87. The van der Waals surface area contributed by atoms with E-state index in [1.165, 1.54) is 12.1 Å². The van der Waals surface area contributed by atoms with E-state index < -0.39 is 26.7 Å². The van der Waals surface area contributed by atoms with E-state index in [1.54, 1.807) is 0 Å². The van der Waals surface area contributed by atoms with Crippen LogP contribution in [0.4, 0.5) is 13.2 Å². The Morgan fingerprint density at radius 1 is 0.935 bits per heavy atom. The molecule has 2 heterocycles. The summed E-state index contributed by atoms with van der Waals surface area (Å²) in [4.78, 5) is 1.27. The van der Waals surface area contributed by atoms with Crippen molar-refractivity contribution in [2.75, 3.05) is 26.2 Å². The Kier molecular flexibility index (Phi) is 5.87. The lowest BCUT2D eigenvalue weighted by molar-refractivity contribution is -0.139. The zero-order chi connectivity index (χ0) is 22.1. The number of benzene rings is 2. The van der Waals surface area contributed by atoms with Crippen molar-refractivity contribution in [3.63, 3.8) is 0 Å². The lowest BCUT2D eigenvalue weighted by Gasteiger charge is -2.33. The van der Waals surface area contributed by atoms with E-state index in [1.807, 2.05) is 41.3 Å². The van der Waals surface area contributed by atoms with E-state index in [-0.39, 0.29) is 13.1 Å². The van der Waals surface area contributed by atoms with Gasteiger partial charge < -0.3 is 4.52 Å². The number of piperazine rings is 1. The van der Waals surface area contributed by atoms with E-state index in [9.17, 15) is 21.6 Å². The molecule has 0 atom stereocenters. The van der Waals surface area contributed by atoms with Gasteiger partial charge in [-0.1, -0.05) is 47.6 Å². The fourth-order valence-corrected chi connectivity index (χ4v) is 5.18. The van der Waals surface area contributed by atoms with Gasteiger partial charge in [0.15, 0.2) is 5.76 Å². The molecule has 0 amide bonds. The molecule has 31 heavy (non-hydrogen) atoms. The lowest BCUT2D eigenvalue weighted by Crippen LogP contribution is -2.48. The van der Waals surface area contributed by atoms with Crippen LogP contribution in [0.2, 0.25) is 0 Å². The van der Waals surface area contributed by atoms with Crippen LogP contribution in [-0.4, -0.2) is 49.0 Å². The van der Waals surface area contributed by atoms with Crippen LogP contribution in [0.1, 0.15) is 11.3 Å². The first kappa shape index (κ1) is 21.5. The van der Waals surface area contributed by atoms with Gasteiger partial charge in [-0.05, 0) is 12.1 Å². The molecule has 4 rings (SSSR count). The predicted molar refractivity (Wildman–Crippen MR) is 107 cm³/mol. The second-order valence-corrected chi connectivity index (χ2v) is 9.12. The van der Waals surface area contributed by atoms with Crippen molar-refractivity contribution >= 4 is 10.0 Å². The van der Waals surface area contributed by atoms with E-state index in [2.05, 4.69) is 5.16 Å². The minimum absolute atomic E-state index is 0.0915. The Morgan fingerprint density at radius 3 is 2.26 bits per heavy atom.